The molecule has 0 aliphatic carbocycles. The molecule has 0 atom stereocenters. The van der Waals surface area contributed by atoms with Gasteiger partial charge in [0, 0.05) is 33.7 Å². The van der Waals surface area contributed by atoms with Gasteiger partial charge in [-0.25, -0.2) is 15.0 Å². The van der Waals surface area contributed by atoms with Crippen LogP contribution in [0.5, 0.6) is 0 Å². The van der Waals surface area contributed by atoms with Gasteiger partial charge in [-0.15, -0.1) is 0 Å². The van der Waals surface area contributed by atoms with Gasteiger partial charge in [-0.1, -0.05) is 182 Å². The fourth-order valence-electron chi connectivity index (χ4n) is 7.42. The minimum Gasteiger partial charge on any atom is -0.256 e. The van der Waals surface area contributed by atoms with Gasteiger partial charge in [0.15, 0.2) is 17.5 Å². The third kappa shape index (κ3) is 5.76. The molecule has 252 valence electrons. The highest BCUT2D eigenvalue weighted by Crippen LogP contribution is 2.38. The minimum atomic E-state index is 0.635. The van der Waals surface area contributed by atoms with Crippen molar-refractivity contribution in [2.24, 2.45) is 0 Å². The number of aromatic nitrogens is 4. The second kappa shape index (κ2) is 13.4. The van der Waals surface area contributed by atoms with E-state index in [4.69, 9.17) is 19.9 Å². The maximum atomic E-state index is 5.01. The number of nitrogens with zero attached hydrogens (tertiary/aromatic N) is 4. The first-order valence-electron chi connectivity index (χ1n) is 18.1. The first-order chi connectivity index (χ1) is 26.7. The summed E-state index contributed by atoms with van der Waals surface area (Å²) in [5, 5.41) is 5.94. The predicted octanol–water partition coefficient (Wildman–Crippen LogP) is 12.7. The van der Waals surface area contributed by atoms with Gasteiger partial charge < -0.3 is 0 Å². The second-order valence-corrected chi connectivity index (χ2v) is 13.5. The molecule has 0 bridgehead atoms. The molecule has 2 heterocycles. The Labute approximate surface area is 313 Å². The molecule has 10 rings (SSSR count). The van der Waals surface area contributed by atoms with Gasteiger partial charge in [-0.05, 0) is 55.6 Å². The van der Waals surface area contributed by atoms with Crippen LogP contribution in [0.1, 0.15) is 0 Å². The van der Waals surface area contributed by atoms with Crippen molar-refractivity contribution in [3.63, 3.8) is 0 Å². The lowest BCUT2D eigenvalue weighted by atomic mass is 9.91. The smallest absolute Gasteiger partial charge is 0.164 e. The van der Waals surface area contributed by atoms with Crippen LogP contribution in [0.3, 0.4) is 0 Å². The molecule has 0 unspecified atom stereocenters. The minimum absolute atomic E-state index is 0.635. The van der Waals surface area contributed by atoms with Crippen LogP contribution in [-0.2, 0) is 0 Å². The highest BCUT2D eigenvalue weighted by molar-refractivity contribution is 6.09. The molecule has 0 N–H and O–H groups in total. The molecule has 4 heteroatoms. The Kier molecular flexibility index (Phi) is 7.77. The first-order valence-corrected chi connectivity index (χ1v) is 18.1. The van der Waals surface area contributed by atoms with Crippen molar-refractivity contribution in [2.75, 3.05) is 0 Å². The maximum Gasteiger partial charge on any atom is 0.164 e. The van der Waals surface area contributed by atoms with E-state index >= 15 is 0 Å². The summed E-state index contributed by atoms with van der Waals surface area (Å²) in [5.74, 6) is 1.92. The molecule has 0 radical (unpaired) electrons. The molecule has 54 heavy (non-hydrogen) atoms. The molecule has 0 amide bonds. The Morgan fingerprint density at radius 3 is 1.31 bits per heavy atom. The van der Waals surface area contributed by atoms with Crippen molar-refractivity contribution in [2.45, 2.75) is 0 Å². The van der Waals surface area contributed by atoms with Crippen molar-refractivity contribution in [3.8, 4) is 67.5 Å². The summed E-state index contributed by atoms with van der Waals surface area (Å²) in [4.78, 5) is 19.7. The van der Waals surface area contributed by atoms with Crippen LogP contribution in [0.4, 0.5) is 0 Å². The van der Waals surface area contributed by atoms with E-state index in [1.807, 2.05) is 42.6 Å². The van der Waals surface area contributed by atoms with E-state index in [9.17, 15) is 0 Å². The van der Waals surface area contributed by atoms with E-state index in [0.717, 1.165) is 44.3 Å². The second-order valence-electron chi connectivity index (χ2n) is 13.5. The van der Waals surface area contributed by atoms with Crippen LogP contribution in [0.2, 0.25) is 0 Å². The van der Waals surface area contributed by atoms with E-state index in [-0.39, 0.29) is 0 Å². The van der Waals surface area contributed by atoms with Crippen molar-refractivity contribution in [3.05, 3.63) is 194 Å². The van der Waals surface area contributed by atoms with Gasteiger partial charge in [0.05, 0.1) is 5.52 Å². The Balaban J connectivity index is 1.02. The molecule has 0 fully saturated rings. The zero-order chi connectivity index (χ0) is 35.8. The summed E-state index contributed by atoms with van der Waals surface area (Å²) >= 11 is 0. The van der Waals surface area contributed by atoms with Crippen LogP contribution in [0.25, 0.3) is 100.0 Å². The lowest BCUT2D eigenvalue weighted by Gasteiger charge is -2.13. The Morgan fingerprint density at radius 2 is 0.704 bits per heavy atom. The number of hydrogen-bond acceptors (Lipinski definition) is 4. The number of pyridine rings is 1. The predicted molar refractivity (Wildman–Crippen MR) is 223 cm³/mol. The monoisotopic (exact) mass is 688 g/mol. The molecular formula is C50H32N4. The summed E-state index contributed by atoms with van der Waals surface area (Å²) in [6.45, 7) is 0. The zero-order valence-electron chi connectivity index (χ0n) is 29.3. The summed E-state index contributed by atoms with van der Waals surface area (Å²) in [6.07, 6.45) is 1.97. The van der Waals surface area contributed by atoms with Gasteiger partial charge in [0.2, 0.25) is 0 Å². The summed E-state index contributed by atoms with van der Waals surface area (Å²) in [5.41, 5.74) is 10.8. The van der Waals surface area contributed by atoms with Crippen LogP contribution in [0.15, 0.2) is 194 Å². The van der Waals surface area contributed by atoms with E-state index in [1.54, 1.807) is 0 Å². The third-order valence-electron chi connectivity index (χ3n) is 10.2. The highest BCUT2D eigenvalue weighted by Gasteiger charge is 2.15. The Hall–Kier alpha value is -7.30. The van der Waals surface area contributed by atoms with E-state index in [2.05, 4.69) is 152 Å². The average Bonchev–Trinajstić information content (AvgIpc) is 3.26. The molecule has 2 aromatic heterocycles. The fraction of sp³-hybridized carbons (Fsp3) is 0. The molecule has 0 saturated carbocycles. The molecule has 0 saturated heterocycles. The van der Waals surface area contributed by atoms with Crippen molar-refractivity contribution in [1.82, 2.24) is 19.9 Å². The maximum absolute atomic E-state index is 5.01. The third-order valence-corrected chi connectivity index (χ3v) is 10.2. The Bertz CT molecular complexity index is 2960. The highest BCUT2D eigenvalue weighted by atomic mass is 15.0. The standard InChI is InChI=1S/C50H32N4/c1-3-11-33(12-4-1)34-19-23-37(24-20-34)49-52-48(36-13-5-2-6-14-36)53-50(54-49)38-25-21-35(22-26-38)42-29-30-43(45-18-10-9-17-44(42)45)39-27-28-46-41-16-8-7-15-40(41)32-51-47(46)31-39/h1-32H. The number of benzene rings is 8. The normalized spacial score (nSPS) is 11.3. The molecule has 8 aromatic carbocycles. The first kappa shape index (κ1) is 31.4. The van der Waals surface area contributed by atoms with Crippen molar-refractivity contribution < 1.29 is 0 Å². The summed E-state index contributed by atoms with van der Waals surface area (Å²) in [7, 11) is 0. The van der Waals surface area contributed by atoms with Gasteiger partial charge >= 0.3 is 0 Å². The SMILES string of the molecule is c1ccc(-c2ccc(-c3nc(-c4ccccc4)nc(-c4ccc(-c5ccc(-c6ccc7c(c6)ncc6ccccc67)c6ccccc56)cc4)n3)cc2)cc1. The molecule has 0 aliphatic heterocycles. The molecule has 0 aliphatic rings. The van der Waals surface area contributed by atoms with Crippen molar-refractivity contribution in [1.29, 1.82) is 0 Å². The Morgan fingerprint density at radius 1 is 0.278 bits per heavy atom. The quantitative estimate of drug-likeness (QED) is 0.163. The van der Waals surface area contributed by atoms with E-state index in [0.29, 0.717) is 17.5 Å². The lowest BCUT2D eigenvalue weighted by Crippen LogP contribution is -2.00. The zero-order valence-corrected chi connectivity index (χ0v) is 29.3. The molecular weight excluding hydrogens is 657 g/mol. The number of rotatable bonds is 6. The van der Waals surface area contributed by atoms with Crippen molar-refractivity contribution >= 4 is 32.4 Å². The van der Waals surface area contributed by atoms with Gasteiger partial charge in [-0.3, -0.25) is 4.98 Å². The van der Waals surface area contributed by atoms with Crippen LogP contribution < -0.4 is 0 Å². The fourth-order valence-corrected chi connectivity index (χ4v) is 7.42. The van der Waals surface area contributed by atoms with Crippen LogP contribution in [0, 0.1) is 0 Å². The number of fused-ring (bicyclic) bond motifs is 4. The van der Waals surface area contributed by atoms with Gasteiger partial charge in [0.1, 0.15) is 0 Å². The summed E-state index contributed by atoms with van der Waals surface area (Å²) in [6, 6.07) is 65.7. The summed E-state index contributed by atoms with van der Waals surface area (Å²) < 4.78 is 0. The van der Waals surface area contributed by atoms with Gasteiger partial charge in [-0.2, -0.15) is 0 Å². The number of hydrogen-bond donors (Lipinski definition) is 0. The van der Waals surface area contributed by atoms with E-state index < -0.39 is 0 Å². The van der Waals surface area contributed by atoms with E-state index in [1.165, 1.54) is 38.2 Å². The molecule has 0 spiro atoms. The lowest BCUT2D eigenvalue weighted by molar-refractivity contribution is 1.07. The molecule has 10 aromatic rings. The average molecular weight is 689 g/mol. The topological polar surface area (TPSA) is 51.6 Å². The molecule has 4 nitrogen and oxygen atoms in total. The van der Waals surface area contributed by atoms with Crippen LogP contribution in [-0.4, -0.2) is 19.9 Å². The van der Waals surface area contributed by atoms with Gasteiger partial charge in [0.25, 0.3) is 0 Å². The van der Waals surface area contributed by atoms with Crippen LogP contribution >= 0.6 is 0 Å². The largest absolute Gasteiger partial charge is 0.256 e.